The van der Waals surface area contributed by atoms with Crippen molar-refractivity contribution in [2.45, 2.75) is 102 Å². The van der Waals surface area contributed by atoms with Gasteiger partial charge >= 0.3 is 5.51 Å². The third kappa shape index (κ3) is 18.4. The van der Waals surface area contributed by atoms with Crippen molar-refractivity contribution in [3.8, 4) is 0 Å². The van der Waals surface area contributed by atoms with Crippen molar-refractivity contribution in [1.29, 1.82) is 0 Å². The van der Waals surface area contributed by atoms with Gasteiger partial charge in [0.1, 0.15) is 0 Å². The van der Waals surface area contributed by atoms with Crippen molar-refractivity contribution in [3.05, 3.63) is 0 Å². The van der Waals surface area contributed by atoms with Crippen LogP contribution in [0.15, 0.2) is 0 Å². The Balaban J connectivity index is 3.31. The summed E-state index contributed by atoms with van der Waals surface area (Å²) < 4.78 is 58.5. The Hall–Kier alpha value is 0.0900. The molecule has 0 radical (unpaired) electrons. The zero-order valence-electron chi connectivity index (χ0n) is 14.9. The monoisotopic (exact) mass is 390 g/mol. The van der Waals surface area contributed by atoms with Gasteiger partial charge < -0.3 is 0 Å². The Morgan fingerprint density at radius 2 is 1.00 bits per heavy atom. The lowest BCUT2D eigenvalue weighted by atomic mass is 10.0. The highest BCUT2D eigenvalue weighted by molar-refractivity contribution is 8.72. The SMILES string of the molecule is CCCCCCCCCCCCCCCCS(=O)(=O)SC(F)(F)F. The largest absolute Gasteiger partial charge is 0.456 e. The zero-order valence-corrected chi connectivity index (χ0v) is 16.5. The molecule has 0 aliphatic carbocycles. The highest BCUT2D eigenvalue weighted by Crippen LogP contribution is 2.35. The average Bonchev–Trinajstić information content (AvgIpc) is 2.45. The van der Waals surface area contributed by atoms with Crippen LogP contribution in [0.1, 0.15) is 96.8 Å². The maximum absolute atomic E-state index is 12.0. The fourth-order valence-corrected chi connectivity index (χ4v) is 5.06. The van der Waals surface area contributed by atoms with Crippen LogP contribution < -0.4 is 0 Å². The summed E-state index contributed by atoms with van der Waals surface area (Å²) in [7, 11) is -4.95. The Labute approximate surface area is 149 Å². The number of hydrogen-bond donors (Lipinski definition) is 0. The van der Waals surface area contributed by atoms with Crippen molar-refractivity contribution in [1.82, 2.24) is 0 Å². The lowest BCUT2D eigenvalue weighted by Crippen LogP contribution is -2.10. The molecule has 0 atom stereocenters. The van der Waals surface area contributed by atoms with Gasteiger partial charge in [-0.2, -0.15) is 13.2 Å². The Bertz CT molecular complexity index is 382. The van der Waals surface area contributed by atoms with Crippen LogP contribution in [0.25, 0.3) is 0 Å². The van der Waals surface area contributed by atoms with Gasteiger partial charge in [-0.25, -0.2) is 8.42 Å². The number of alkyl halides is 3. The summed E-state index contributed by atoms with van der Waals surface area (Å²) in [5, 5.41) is 0. The molecule has 0 saturated heterocycles. The molecule has 0 spiro atoms. The molecule has 0 heterocycles. The van der Waals surface area contributed by atoms with E-state index in [4.69, 9.17) is 0 Å². The first-order valence-electron chi connectivity index (χ1n) is 9.27. The smallest absolute Gasteiger partial charge is 0.217 e. The van der Waals surface area contributed by atoms with Crippen molar-refractivity contribution < 1.29 is 21.6 Å². The van der Waals surface area contributed by atoms with E-state index in [0.29, 0.717) is 12.8 Å². The van der Waals surface area contributed by atoms with Crippen LogP contribution in [-0.4, -0.2) is 19.7 Å². The van der Waals surface area contributed by atoms with E-state index >= 15 is 0 Å². The van der Waals surface area contributed by atoms with Crippen molar-refractivity contribution >= 4 is 19.7 Å². The van der Waals surface area contributed by atoms with E-state index in [1.54, 1.807) is 0 Å². The minimum absolute atomic E-state index is 0.323. The second-order valence-corrected chi connectivity index (χ2v) is 10.6. The molecule has 0 amide bonds. The minimum Gasteiger partial charge on any atom is -0.217 e. The van der Waals surface area contributed by atoms with Crippen LogP contribution in [0.3, 0.4) is 0 Å². The van der Waals surface area contributed by atoms with Crippen LogP contribution in [0.4, 0.5) is 13.2 Å². The Morgan fingerprint density at radius 3 is 1.33 bits per heavy atom. The maximum atomic E-state index is 12.0. The lowest BCUT2D eigenvalue weighted by molar-refractivity contribution is -0.0312. The Kier molecular flexibility index (Phi) is 14.3. The molecule has 0 fully saturated rings. The van der Waals surface area contributed by atoms with Gasteiger partial charge in [0.2, 0.25) is 8.87 Å². The predicted molar refractivity (Wildman–Crippen MR) is 97.7 cm³/mol. The van der Waals surface area contributed by atoms with Crippen LogP contribution in [0, 0.1) is 0 Å². The summed E-state index contributed by atoms with van der Waals surface area (Å²) in [6, 6.07) is 0. The molecule has 0 aromatic carbocycles. The molecular formula is C17H33F3O2S2. The van der Waals surface area contributed by atoms with E-state index in [1.807, 2.05) is 0 Å². The van der Waals surface area contributed by atoms with Gasteiger partial charge in [-0.15, -0.1) is 0 Å². The average molecular weight is 391 g/mol. The van der Waals surface area contributed by atoms with E-state index in [9.17, 15) is 21.6 Å². The molecule has 24 heavy (non-hydrogen) atoms. The quantitative estimate of drug-likeness (QED) is 0.209. The van der Waals surface area contributed by atoms with Gasteiger partial charge in [-0.1, -0.05) is 90.4 Å². The number of unbranched alkanes of at least 4 members (excludes halogenated alkanes) is 13. The standard InChI is InChI=1S/C17H33F3O2S2/c1-2-3-4-5-6-7-8-9-10-11-12-13-14-15-16-24(21,22)23-17(18,19)20/h2-16H2,1H3. The van der Waals surface area contributed by atoms with E-state index in [0.717, 1.165) is 19.3 Å². The van der Waals surface area contributed by atoms with E-state index < -0.39 is 25.2 Å². The summed E-state index contributed by atoms with van der Waals surface area (Å²) >= 11 is 0. The summed E-state index contributed by atoms with van der Waals surface area (Å²) in [5.41, 5.74) is -4.70. The fourth-order valence-electron chi connectivity index (χ4n) is 2.66. The molecule has 146 valence electrons. The molecule has 0 aromatic heterocycles. The highest BCUT2D eigenvalue weighted by Gasteiger charge is 2.36. The molecule has 0 aromatic rings. The van der Waals surface area contributed by atoms with Crippen LogP contribution in [0.5, 0.6) is 0 Å². The number of rotatable bonds is 16. The van der Waals surface area contributed by atoms with Crippen molar-refractivity contribution in [2.24, 2.45) is 0 Å². The van der Waals surface area contributed by atoms with Crippen LogP contribution in [-0.2, 0) is 8.87 Å². The van der Waals surface area contributed by atoms with E-state index in [2.05, 4.69) is 6.92 Å². The van der Waals surface area contributed by atoms with Gasteiger partial charge in [0, 0.05) is 0 Å². The third-order valence-electron chi connectivity index (χ3n) is 3.97. The molecule has 0 aliphatic heterocycles. The molecule has 0 rings (SSSR count). The normalized spacial score (nSPS) is 12.7. The first-order valence-corrected chi connectivity index (χ1v) is 12.3. The van der Waals surface area contributed by atoms with Crippen molar-refractivity contribution in [3.63, 3.8) is 0 Å². The maximum Gasteiger partial charge on any atom is 0.456 e. The third-order valence-corrected chi connectivity index (χ3v) is 7.03. The first-order chi connectivity index (χ1) is 11.3. The zero-order chi connectivity index (χ0) is 18.3. The minimum atomic E-state index is -4.70. The van der Waals surface area contributed by atoms with Gasteiger partial charge in [-0.3, -0.25) is 0 Å². The van der Waals surface area contributed by atoms with Crippen LogP contribution >= 0.6 is 10.8 Å². The molecule has 0 aliphatic rings. The molecular weight excluding hydrogens is 357 g/mol. The van der Waals surface area contributed by atoms with Crippen LogP contribution in [0.2, 0.25) is 0 Å². The van der Waals surface area contributed by atoms with Gasteiger partial charge in [0.15, 0.2) is 0 Å². The van der Waals surface area contributed by atoms with E-state index in [1.165, 1.54) is 57.8 Å². The molecule has 0 N–H and O–H groups in total. The highest BCUT2D eigenvalue weighted by atomic mass is 33.1. The van der Waals surface area contributed by atoms with Gasteiger partial charge in [-0.05, 0) is 6.42 Å². The molecule has 0 unspecified atom stereocenters. The molecule has 0 bridgehead atoms. The summed E-state index contributed by atoms with van der Waals surface area (Å²) in [6.45, 7) is 2.22. The molecule has 2 nitrogen and oxygen atoms in total. The summed E-state index contributed by atoms with van der Waals surface area (Å²) in [6.07, 6.45) is 15.8. The summed E-state index contributed by atoms with van der Waals surface area (Å²) in [4.78, 5) is 0. The topological polar surface area (TPSA) is 34.1 Å². The predicted octanol–water partition coefficient (Wildman–Crippen LogP) is 7.05. The van der Waals surface area contributed by atoms with E-state index in [-0.39, 0.29) is 5.75 Å². The second-order valence-electron chi connectivity index (χ2n) is 6.39. The first kappa shape index (κ1) is 24.1. The molecule has 0 saturated carbocycles. The van der Waals surface area contributed by atoms with Gasteiger partial charge in [0.05, 0.1) is 16.5 Å². The number of halogens is 3. The Morgan fingerprint density at radius 1 is 0.667 bits per heavy atom. The summed E-state index contributed by atoms with van der Waals surface area (Å²) in [5.74, 6) is -0.380. The fraction of sp³-hybridized carbons (Fsp3) is 1.00. The van der Waals surface area contributed by atoms with Gasteiger partial charge in [0.25, 0.3) is 0 Å². The lowest BCUT2D eigenvalue weighted by Gasteiger charge is -2.06. The number of hydrogen-bond acceptors (Lipinski definition) is 3. The van der Waals surface area contributed by atoms with Crippen molar-refractivity contribution in [2.75, 3.05) is 5.75 Å². The molecule has 7 heteroatoms. The second kappa shape index (κ2) is 14.3.